The number of methoxy groups -OCH3 is 1. The van der Waals surface area contributed by atoms with Crippen molar-refractivity contribution in [3.63, 3.8) is 0 Å². The highest BCUT2D eigenvalue weighted by molar-refractivity contribution is 7.88. The highest BCUT2D eigenvalue weighted by atomic mass is 32.2. The molecule has 0 aliphatic carbocycles. The number of sulfonamides is 1. The minimum Gasteiger partial charge on any atom is -0.493 e. The number of carbonyl (C=O) groups excluding carboxylic acids is 1. The van der Waals surface area contributed by atoms with E-state index in [-0.39, 0.29) is 38.8 Å². The molecular weight excluding hydrogens is 564 g/mol. The van der Waals surface area contributed by atoms with Crippen molar-refractivity contribution in [3.8, 4) is 17.2 Å². The van der Waals surface area contributed by atoms with Crippen LogP contribution in [0.4, 0.5) is 5.69 Å². The number of rotatable bonds is 14. The molecule has 0 radical (unpaired) electrons. The van der Waals surface area contributed by atoms with E-state index < -0.39 is 33.9 Å². The van der Waals surface area contributed by atoms with Crippen molar-refractivity contribution in [2.75, 3.05) is 51.2 Å². The van der Waals surface area contributed by atoms with Gasteiger partial charge in [0.25, 0.3) is 0 Å². The van der Waals surface area contributed by atoms with Gasteiger partial charge in [-0.05, 0) is 48.2 Å². The number of ether oxygens (including phenoxy) is 3. The Morgan fingerprint density at radius 2 is 2.02 bits per heavy atom. The molecule has 0 bridgehead atoms. The number of carboxylic acid groups (broad SMARTS) is 1. The molecule has 2 heterocycles. The Morgan fingerprint density at radius 1 is 1.24 bits per heavy atom. The number of amides is 1. The second-order valence-corrected chi connectivity index (χ2v) is 12.5. The van der Waals surface area contributed by atoms with Crippen molar-refractivity contribution in [1.82, 2.24) is 9.62 Å². The molecule has 230 valence electrons. The van der Waals surface area contributed by atoms with Crippen molar-refractivity contribution < 1.29 is 37.3 Å². The standard InChI is InChI=1S/C29H40N4O8S/c1-4-5-11-33(21-8-6-7-19(12-21)15-30)26(34)17-32-16-22(20-13-24(39-2)28-25(14-20)40-18-41-28)27(29(35)36)23(32)9-10-31-42(3,37)38/h6-8,12-14,22-23,27,31H,4-5,9-11,15-18,30H2,1-3H3,(H,35,36)/t22-,23+,27?/m1/s1. The van der Waals surface area contributed by atoms with Gasteiger partial charge in [0.1, 0.15) is 0 Å². The van der Waals surface area contributed by atoms with Gasteiger partial charge in [0.15, 0.2) is 11.5 Å². The lowest BCUT2D eigenvalue weighted by Gasteiger charge is -2.30. The third-order valence-corrected chi connectivity index (χ3v) is 8.51. The summed E-state index contributed by atoms with van der Waals surface area (Å²) < 4.78 is 42.6. The maximum Gasteiger partial charge on any atom is 0.308 e. The van der Waals surface area contributed by atoms with E-state index in [1.807, 2.05) is 36.1 Å². The number of nitrogens with two attached hydrogens (primary N) is 1. The largest absolute Gasteiger partial charge is 0.493 e. The summed E-state index contributed by atoms with van der Waals surface area (Å²) in [5, 5.41) is 10.4. The van der Waals surface area contributed by atoms with Gasteiger partial charge in [-0.1, -0.05) is 25.5 Å². The molecule has 0 spiro atoms. The van der Waals surface area contributed by atoms with Crippen LogP contribution < -0.4 is 29.6 Å². The average Bonchev–Trinajstić information content (AvgIpc) is 3.57. The number of anilines is 1. The number of carboxylic acids is 1. The van der Waals surface area contributed by atoms with Crippen molar-refractivity contribution in [2.24, 2.45) is 11.7 Å². The van der Waals surface area contributed by atoms with Crippen LogP contribution in [0, 0.1) is 5.92 Å². The molecule has 3 atom stereocenters. The summed E-state index contributed by atoms with van der Waals surface area (Å²) in [7, 11) is -1.99. The summed E-state index contributed by atoms with van der Waals surface area (Å²) in [4.78, 5) is 30.3. The summed E-state index contributed by atoms with van der Waals surface area (Å²) in [6.07, 6.45) is 2.93. The third-order valence-electron chi connectivity index (χ3n) is 7.78. The summed E-state index contributed by atoms with van der Waals surface area (Å²) >= 11 is 0. The zero-order valence-corrected chi connectivity index (χ0v) is 25.1. The number of carbonyl (C=O) groups is 2. The van der Waals surface area contributed by atoms with Crippen LogP contribution in [0.5, 0.6) is 17.2 Å². The fourth-order valence-electron chi connectivity index (χ4n) is 5.77. The van der Waals surface area contributed by atoms with Gasteiger partial charge in [-0.3, -0.25) is 14.5 Å². The van der Waals surface area contributed by atoms with Gasteiger partial charge in [0, 0.05) is 43.8 Å². The Hall–Kier alpha value is -3.39. The van der Waals surface area contributed by atoms with E-state index in [0.717, 1.165) is 30.3 Å². The molecule has 42 heavy (non-hydrogen) atoms. The van der Waals surface area contributed by atoms with Crippen molar-refractivity contribution in [1.29, 1.82) is 0 Å². The first-order chi connectivity index (χ1) is 20.1. The molecule has 2 aromatic carbocycles. The SMILES string of the molecule is CCCCN(C(=O)CN1C[C@H](c2cc(OC)c3c(c2)OCO3)C(C(=O)O)[C@@H]1CCNS(C)(=O)=O)c1cccc(CN)c1. The zero-order chi connectivity index (χ0) is 30.4. The average molecular weight is 605 g/mol. The molecule has 4 N–H and O–H groups in total. The van der Waals surface area contributed by atoms with Crippen LogP contribution in [0.2, 0.25) is 0 Å². The predicted molar refractivity (Wildman–Crippen MR) is 157 cm³/mol. The first-order valence-electron chi connectivity index (χ1n) is 14.0. The normalized spacial score (nSPS) is 20.0. The van der Waals surface area contributed by atoms with Gasteiger partial charge >= 0.3 is 5.97 Å². The lowest BCUT2D eigenvalue weighted by atomic mass is 9.84. The molecule has 2 aromatic rings. The van der Waals surface area contributed by atoms with E-state index in [0.29, 0.717) is 35.9 Å². The van der Waals surface area contributed by atoms with Crippen molar-refractivity contribution in [3.05, 3.63) is 47.5 Å². The molecule has 1 saturated heterocycles. The van der Waals surface area contributed by atoms with Gasteiger partial charge in [0.2, 0.25) is 28.5 Å². The number of unbranched alkanes of at least 4 members (excludes halogenated alkanes) is 1. The molecule has 1 fully saturated rings. The van der Waals surface area contributed by atoms with Crippen molar-refractivity contribution >= 4 is 27.6 Å². The fraction of sp³-hybridized carbons (Fsp3) is 0.517. The number of nitrogens with one attached hydrogen (secondary N) is 1. The maximum atomic E-state index is 13.9. The van der Waals surface area contributed by atoms with E-state index in [1.165, 1.54) is 7.11 Å². The maximum absolute atomic E-state index is 13.9. The van der Waals surface area contributed by atoms with Crippen LogP contribution in [-0.4, -0.2) is 82.7 Å². The third kappa shape index (κ3) is 7.33. The van der Waals surface area contributed by atoms with E-state index in [4.69, 9.17) is 19.9 Å². The molecular formula is C29H40N4O8S. The van der Waals surface area contributed by atoms with Gasteiger partial charge in [-0.15, -0.1) is 0 Å². The Kier molecular flexibility index (Phi) is 10.3. The number of benzene rings is 2. The molecule has 12 nitrogen and oxygen atoms in total. The van der Waals surface area contributed by atoms with Gasteiger partial charge in [-0.25, -0.2) is 13.1 Å². The van der Waals surface area contributed by atoms with E-state index >= 15 is 0 Å². The molecule has 13 heteroatoms. The number of hydrogen-bond acceptors (Lipinski definition) is 9. The second kappa shape index (κ2) is 13.7. The minimum absolute atomic E-state index is 0.0293. The quantitative estimate of drug-likeness (QED) is 0.291. The van der Waals surface area contributed by atoms with E-state index in [2.05, 4.69) is 4.72 Å². The summed E-state index contributed by atoms with van der Waals surface area (Å²) in [5.74, 6) is -1.30. The lowest BCUT2D eigenvalue weighted by Crippen LogP contribution is -2.45. The van der Waals surface area contributed by atoms with Crippen LogP contribution in [0.3, 0.4) is 0 Å². The molecule has 0 saturated carbocycles. The molecule has 2 aliphatic heterocycles. The second-order valence-electron chi connectivity index (χ2n) is 10.7. The van der Waals surface area contributed by atoms with Crippen LogP contribution in [0.25, 0.3) is 0 Å². The Bertz CT molecular complexity index is 1390. The van der Waals surface area contributed by atoms with Crippen LogP contribution in [0.1, 0.15) is 43.2 Å². The summed E-state index contributed by atoms with van der Waals surface area (Å²) in [6.45, 7) is 3.18. The number of nitrogens with zero attached hydrogens (tertiary/aromatic N) is 2. The predicted octanol–water partition coefficient (Wildman–Crippen LogP) is 2.12. The number of likely N-dealkylation sites (tertiary alicyclic amines) is 1. The number of hydrogen-bond donors (Lipinski definition) is 3. The smallest absolute Gasteiger partial charge is 0.308 e. The zero-order valence-electron chi connectivity index (χ0n) is 24.2. The monoisotopic (exact) mass is 604 g/mol. The first-order valence-corrected chi connectivity index (χ1v) is 15.9. The van der Waals surface area contributed by atoms with E-state index in [1.54, 1.807) is 17.0 Å². The van der Waals surface area contributed by atoms with Crippen molar-refractivity contribution in [2.45, 2.75) is 44.7 Å². The lowest BCUT2D eigenvalue weighted by molar-refractivity contribution is -0.143. The fourth-order valence-corrected chi connectivity index (χ4v) is 6.26. The molecule has 2 aliphatic rings. The number of fused-ring (bicyclic) bond motifs is 1. The number of aliphatic carboxylic acids is 1. The minimum atomic E-state index is -3.49. The molecule has 0 aromatic heterocycles. The van der Waals surface area contributed by atoms with E-state index in [9.17, 15) is 23.1 Å². The first kappa shape index (κ1) is 31.5. The Balaban J connectivity index is 1.67. The Labute approximate surface area is 246 Å². The van der Waals surface area contributed by atoms with Gasteiger partial charge < -0.3 is 30.0 Å². The van der Waals surface area contributed by atoms with Gasteiger partial charge in [0.05, 0.1) is 25.8 Å². The van der Waals surface area contributed by atoms with Gasteiger partial charge in [-0.2, -0.15) is 0 Å². The molecule has 1 amide bonds. The highest BCUT2D eigenvalue weighted by Gasteiger charge is 2.47. The summed E-state index contributed by atoms with van der Waals surface area (Å²) in [6, 6.07) is 10.4. The molecule has 1 unspecified atom stereocenters. The highest BCUT2D eigenvalue weighted by Crippen LogP contribution is 2.47. The Morgan fingerprint density at radius 3 is 2.69 bits per heavy atom. The molecule has 4 rings (SSSR count). The topological polar surface area (TPSA) is 161 Å². The summed E-state index contributed by atoms with van der Waals surface area (Å²) in [5.41, 5.74) is 8.16. The van der Waals surface area contributed by atoms with Crippen LogP contribution in [0.15, 0.2) is 36.4 Å². The van der Waals surface area contributed by atoms with Crippen LogP contribution >= 0.6 is 0 Å². The van der Waals surface area contributed by atoms with Crippen LogP contribution in [-0.2, 0) is 26.2 Å².